The Kier molecular flexibility index (Phi) is 3.08. The second-order valence-corrected chi connectivity index (χ2v) is 4.64. The minimum absolute atomic E-state index is 0.00204. The van der Waals surface area contributed by atoms with Crippen LogP contribution in [0.3, 0.4) is 0 Å². The molecule has 6 nitrogen and oxygen atoms in total. The molecule has 3 rings (SSSR count). The maximum Gasteiger partial charge on any atom is 0.256 e. The molecule has 6 heteroatoms. The zero-order valence-electron chi connectivity index (χ0n) is 10.7. The number of imidazole rings is 1. The fraction of sp³-hybridized carbons (Fsp3) is 0.385. The number of aromatic amines is 2. The first kappa shape index (κ1) is 12.0. The monoisotopic (exact) mass is 260 g/mol. The minimum atomic E-state index is -0.0534. The lowest BCUT2D eigenvalue weighted by molar-refractivity contribution is 0.0685. The zero-order valence-corrected chi connectivity index (χ0v) is 10.7. The Morgan fingerprint density at radius 1 is 1.53 bits per heavy atom. The molecule has 1 amide bonds. The van der Waals surface area contributed by atoms with E-state index in [1.54, 1.807) is 38.0 Å². The smallest absolute Gasteiger partial charge is 0.256 e. The van der Waals surface area contributed by atoms with Crippen LogP contribution in [0, 0.1) is 0 Å². The average Bonchev–Trinajstić information content (AvgIpc) is 3.16. The predicted molar refractivity (Wildman–Crippen MR) is 68.6 cm³/mol. The summed E-state index contributed by atoms with van der Waals surface area (Å²) in [6, 6.07) is 1.73. The highest BCUT2D eigenvalue weighted by atomic mass is 16.5. The van der Waals surface area contributed by atoms with Crippen LogP contribution in [0.25, 0.3) is 0 Å². The first-order valence-electron chi connectivity index (χ1n) is 6.25. The third-order valence-corrected chi connectivity index (χ3v) is 3.54. The van der Waals surface area contributed by atoms with Gasteiger partial charge in [-0.3, -0.25) is 4.79 Å². The van der Waals surface area contributed by atoms with Gasteiger partial charge < -0.3 is 19.6 Å². The molecular weight excluding hydrogens is 244 g/mol. The quantitative estimate of drug-likeness (QED) is 0.874. The predicted octanol–water partition coefficient (Wildman–Crippen LogP) is 1.34. The van der Waals surface area contributed by atoms with Crippen molar-refractivity contribution >= 4 is 5.91 Å². The third-order valence-electron chi connectivity index (χ3n) is 3.54. The van der Waals surface area contributed by atoms with Gasteiger partial charge in [-0.2, -0.15) is 0 Å². The van der Waals surface area contributed by atoms with Gasteiger partial charge in [-0.05, 0) is 6.07 Å². The Labute approximate surface area is 110 Å². The Morgan fingerprint density at radius 2 is 2.42 bits per heavy atom. The van der Waals surface area contributed by atoms with Gasteiger partial charge in [-0.1, -0.05) is 0 Å². The normalized spacial score (nSPS) is 22.9. The number of carbonyl (C=O) groups excluding carboxylic acids is 1. The molecule has 0 aliphatic carbocycles. The second-order valence-electron chi connectivity index (χ2n) is 4.64. The number of carbonyl (C=O) groups is 1. The number of nitrogens with one attached hydrogen (secondary N) is 2. The van der Waals surface area contributed by atoms with Gasteiger partial charge in [0.25, 0.3) is 5.91 Å². The lowest BCUT2D eigenvalue weighted by Gasteiger charge is -2.22. The van der Waals surface area contributed by atoms with Crippen molar-refractivity contribution in [2.75, 3.05) is 13.7 Å². The number of amides is 1. The number of nitrogens with zero attached hydrogens (tertiary/aromatic N) is 2. The number of rotatable bonds is 3. The van der Waals surface area contributed by atoms with Crippen molar-refractivity contribution < 1.29 is 9.53 Å². The van der Waals surface area contributed by atoms with Crippen molar-refractivity contribution in [2.24, 2.45) is 0 Å². The lowest BCUT2D eigenvalue weighted by Crippen LogP contribution is -2.32. The fourth-order valence-electron chi connectivity index (χ4n) is 2.53. The third kappa shape index (κ3) is 2.15. The lowest BCUT2D eigenvalue weighted by atomic mass is 10.2. The summed E-state index contributed by atoms with van der Waals surface area (Å²) in [6.45, 7) is 0.589. The van der Waals surface area contributed by atoms with Gasteiger partial charge in [0, 0.05) is 44.9 Å². The molecule has 2 aromatic heterocycles. The van der Waals surface area contributed by atoms with E-state index in [2.05, 4.69) is 15.0 Å². The molecule has 2 atom stereocenters. The molecule has 0 saturated carbocycles. The number of aromatic nitrogens is 3. The molecule has 0 aromatic carbocycles. The molecule has 0 radical (unpaired) electrons. The van der Waals surface area contributed by atoms with Crippen LogP contribution < -0.4 is 0 Å². The molecule has 2 aromatic rings. The van der Waals surface area contributed by atoms with Crippen LogP contribution in [0.4, 0.5) is 0 Å². The van der Waals surface area contributed by atoms with E-state index in [0.29, 0.717) is 12.1 Å². The van der Waals surface area contributed by atoms with Crippen LogP contribution >= 0.6 is 0 Å². The topological polar surface area (TPSA) is 74.0 Å². The maximum absolute atomic E-state index is 12.5. The average molecular weight is 260 g/mol. The highest BCUT2D eigenvalue weighted by Crippen LogP contribution is 2.32. The molecule has 3 heterocycles. The van der Waals surface area contributed by atoms with E-state index in [1.807, 2.05) is 4.90 Å². The summed E-state index contributed by atoms with van der Waals surface area (Å²) in [5.41, 5.74) is 0.660. The van der Waals surface area contributed by atoms with E-state index < -0.39 is 0 Å². The minimum Gasteiger partial charge on any atom is -0.380 e. The van der Waals surface area contributed by atoms with Gasteiger partial charge in [0.15, 0.2) is 0 Å². The van der Waals surface area contributed by atoms with Gasteiger partial charge in [0.2, 0.25) is 0 Å². The molecule has 19 heavy (non-hydrogen) atoms. The Hall–Kier alpha value is -2.08. The summed E-state index contributed by atoms with van der Waals surface area (Å²) in [6.07, 6.45) is 7.75. The van der Waals surface area contributed by atoms with Crippen LogP contribution in [0.15, 0.2) is 30.9 Å². The van der Waals surface area contributed by atoms with E-state index in [4.69, 9.17) is 4.74 Å². The summed E-state index contributed by atoms with van der Waals surface area (Å²) in [5.74, 6) is 0.811. The van der Waals surface area contributed by atoms with Crippen LogP contribution in [-0.4, -0.2) is 45.5 Å². The Bertz CT molecular complexity index is 535. The van der Waals surface area contributed by atoms with Gasteiger partial charge >= 0.3 is 0 Å². The number of hydrogen-bond acceptors (Lipinski definition) is 3. The molecule has 1 aliphatic heterocycles. The summed E-state index contributed by atoms with van der Waals surface area (Å²) in [7, 11) is 1.67. The molecule has 0 bridgehead atoms. The van der Waals surface area contributed by atoms with Gasteiger partial charge in [0.05, 0.1) is 17.7 Å². The molecule has 1 unspecified atom stereocenters. The number of H-pyrrole nitrogens is 2. The molecule has 100 valence electrons. The Balaban J connectivity index is 1.87. The van der Waals surface area contributed by atoms with E-state index in [0.717, 1.165) is 12.2 Å². The fourth-order valence-corrected chi connectivity index (χ4v) is 2.53. The molecule has 1 aliphatic rings. The van der Waals surface area contributed by atoms with Gasteiger partial charge in [0.1, 0.15) is 5.82 Å². The SMILES string of the molecule is CO[C@@H]1CC(c2ncc[nH]2)N(C(=O)c2cc[nH]c2)C1. The first-order valence-corrected chi connectivity index (χ1v) is 6.25. The van der Waals surface area contributed by atoms with Gasteiger partial charge in [-0.15, -0.1) is 0 Å². The molecular formula is C13H16N4O2. The summed E-state index contributed by atoms with van der Waals surface area (Å²) >= 11 is 0. The van der Waals surface area contributed by atoms with Gasteiger partial charge in [-0.25, -0.2) is 4.98 Å². The van der Waals surface area contributed by atoms with Crippen LogP contribution in [0.1, 0.15) is 28.6 Å². The number of methoxy groups -OCH3 is 1. The van der Waals surface area contributed by atoms with Crippen molar-refractivity contribution in [3.8, 4) is 0 Å². The highest BCUT2D eigenvalue weighted by molar-refractivity contribution is 5.94. The van der Waals surface area contributed by atoms with Crippen molar-refractivity contribution in [1.82, 2.24) is 19.9 Å². The Morgan fingerprint density at radius 3 is 3.05 bits per heavy atom. The van der Waals surface area contributed by atoms with E-state index in [1.165, 1.54) is 0 Å². The largest absolute Gasteiger partial charge is 0.380 e. The summed E-state index contributed by atoms with van der Waals surface area (Å²) in [5, 5.41) is 0. The molecule has 2 N–H and O–H groups in total. The van der Waals surface area contributed by atoms with Crippen molar-refractivity contribution in [3.63, 3.8) is 0 Å². The maximum atomic E-state index is 12.5. The number of likely N-dealkylation sites (tertiary alicyclic amines) is 1. The van der Waals surface area contributed by atoms with E-state index in [9.17, 15) is 4.79 Å². The van der Waals surface area contributed by atoms with Crippen molar-refractivity contribution in [2.45, 2.75) is 18.6 Å². The number of ether oxygens (including phenoxy) is 1. The van der Waals surface area contributed by atoms with Crippen LogP contribution in [-0.2, 0) is 4.74 Å². The standard InChI is InChI=1S/C13H16N4O2/c1-19-10-6-11(12-15-4-5-16-12)17(8-10)13(18)9-2-3-14-7-9/h2-5,7,10-11,14H,6,8H2,1H3,(H,15,16)/t10-,11?/m1/s1. The first-order chi connectivity index (χ1) is 9.29. The molecule has 0 spiro atoms. The van der Waals surface area contributed by atoms with Crippen LogP contribution in [0.5, 0.6) is 0 Å². The molecule has 1 fully saturated rings. The van der Waals surface area contributed by atoms with Crippen molar-refractivity contribution in [3.05, 3.63) is 42.2 Å². The highest BCUT2D eigenvalue weighted by Gasteiger charge is 2.38. The van der Waals surface area contributed by atoms with E-state index >= 15 is 0 Å². The molecule has 1 saturated heterocycles. The van der Waals surface area contributed by atoms with Crippen LogP contribution in [0.2, 0.25) is 0 Å². The second kappa shape index (κ2) is 4.89. The summed E-state index contributed by atoms with van der Waals surface area (Å²) < 4.78 is 5.39. The zero-order chi connectivity index (χ0) is 13.2. The number of hydrogen-bond donors (Lipinski definition) is 2. The van der Waals surface area contributed by atoms with Crippen molar-refractivity contribution in [1.29, 1.82) is 0 Å². The van der Waals surface area contributed by atoms with E-state index in [-0.39, 0.29) is 18.1 Å². The summed E-state index contributed by atoms with van der Waals surface area (Å²) in [4.78, 5) is 24.6.